The van der Waals surface area contributed by atoms with Crippen LogP contribution in [0.5, 0.6) is 11.5 Å². The Bertz CT molecular complexity index is 901. The van der Waals surface area contributed by atoms with E-state index in [0.717, 1.165) is 27.3 Å². The number of hydrogen-bond acceptors (Lipinski definition) is 4. The van der Waals surface area contributed by atoms with Crippen LogP contribution in [0.15, 0.2) is 36.4 Å². The van der Waals surface area contributed by atoms with Crippen molar-refractivity contribution in [3.05, 3.63) is 47.5 Å². The largest absolute Gasteiger partial charge is 0.508 e. The van der Waals surface area contributed by atoms with E-state index in [9.17, 15) is 20.4 Å². The van der Waals surface area contributed by atoms with E-state index >= 15 is 0 Å². The highest BCUT2D eigenvalue weighted by atomic mass is 16.3. The topological polar surface area (TPSA) is 80.9 Å². The van der Waals surface area contributed by atoms with Gasteiger partial charge >= 0.3 is 0 Å². The number of aromatic hydroxyl groups is 2. The Balaban J connectivity index is 2.13. The number of benzene rings is 3. The zero-order valence-electron chi connectivity index (χ0n) is 11.8. The highest BCUT2D eigenvalue weighted by Crippen LogP contribution is 2.41. The predicted molar refractivity (Wildman–Crippen MR) is 84.1 cm³/mol. The van der Waals surface area contributed by atoms with E-state index < -0.39 is 12.2 Å². The second-order valence-corrected chi connectivity index (χ2v) is 5.97. The van der Waals surface area contributed by atoms with Crippen molar-refractivity contribution >= 4 is 21.5 Å². The Morgan fingerprint density at radius 2 is 1.68 bits per heavy atom. The summed E-state index contributed by atoms with van der Waals surface area (Å²) in [4.78, 5) is 0. The molecule has 0 spiro atoms. The van der Waals surface area contributed by atoms with E-state index in [2.05, 4.69) is 0 Å². The lowest BCUT2D eigenvalue weighted by molar-refractivity contribution is 0.0687. The fourth-order valence-corrected chi connectivity index (χ4v) is 3.55. The Morgan fingerprint density at radius 3 is 2.50 bits per heavy atom. The summed E-state index contributed by atoms with van der Waals surface area (Å²) >= 11 is 0. The third-order valence-corrected chi connectivity index (χ3v) is 4.52. The van der Waals surface area contributed by atoms with E-state index in [4.69, 9.17) is 0 Å². The van der Waals surface area contributed by atoms with Gasteiger partial charge in [0.25, 0.3) is 0 Å². The molecule has 4 N–H and O–H groups in total. The highest BCUT2D eigenvalue weighted by Gasteiger charge is 2.27. The van der Waals surface area contributed by atoms with Gasteiger partial charge in [0.2, 0.25) is 0 Å². The maximum absolute atomic E-state index is 10.4. The number of phenols is 2. The van der Waals surface area contributed by atoms with Gasteiger partial charge in [-0.05, 0) is 51.9 Å². The molecule has 0 heterocycles. The van der Waals surface area contributed by atoms with Crippen molar-refractivity contribution < 1.29 is 20.4 Å². The number of aliphatic hydroxyl groups is 2. The first-order valence-electron chi connectivity index (χ1n) is 7.31. The fraction of sp³-hybridized carbons (Fsp3) is 0.222. The molecule has 1 aliphatic rings. The summed E-state index contributed by atoms with van der Waals surface area (Å²) in [5, 5.41) is 43.4. The quantitative estimate of drug-likeness (QED) is 0.481. The monoisotopic (exact) mass is 296 g/mol. The van der Waals surface area contributed by atoms with Crippen LogP contribution < -0.4 is 0 Å². The SMILES string of the molecule is Oc1ccc2c(c1)cc(O)c1c3c(ccc12)C(O)CC(O)C3. The van der Waals surface area contributed by atoms with Gasteiger partial charge in [0, 0.05) is 11.8 Å². The zero-order valence-corrected chi connectivity index (χ0v) is 11.8. The molecule has 0 amide bonds. The molecule has 3 aromatic carbocycles. The van der Waals surface area contributed by atoms with E-state index in [1.165, 1.54) is 0 Å². The molecule has 2 atom stereocenters. The number of hydrogen-bond donors (Lipinski definition) is 4. The molecule has 112 valence electrons. The predicted octanol–water partition coefficient (Wildman–Crippen LogP) is 2.74. The van der Waals surface area contributed by atoms with Crippen molar-refractivity contribution in [1.82, 2.24) is 0 Å². The number of phenolic OH excluding ortho intramolecular Hbond substituents is 2. The van der Waals surface area contributed by atoms with Gasteiger partial charge in [-0.25, -0.2) is 0 Å². The van der Waals surface area contributed by atoms with Gasteiger partial charge in [0.1, 0.15) is 11.5 Å². The molecule has 1 aliphatic carbocycles. The van der Waals surface area contributed by atoms with Gasteiger partial charge in [0.15, 0.2) is 0 Å². The maximum atomic E-state index is 10.4. The molecule has 0 saturated carbocycles. The molecule has 0 bridgehead atoms. The van der Waals surface area contributed by atoms with E-state index in [1.54, 1.807) is 18.2 Å². The van der Waals surface area contributed by atoms with Crippen LogP contribution in [0.1, 0.15) is 23.7 Å². The molecule has 0 fully saturated rings. The van der Waals surface area contributed by atoms with Gasteiger partial charge in [0.05, 0.1) is 12.2 Å². The van der Waals surface area contributed by atoms with Gasteiger partial charge in [-0.15, -0.1) is 0 Å². The fourth-order valence-electron chi connectivity index (χ4n) is 3.55. The number of fused-ring (bicyclic) bond motifs is 5. The van der Waals surface area contributed by atoms with Crippen molar-refractivity contribution in [2.75, 3.05) is 0 Å². The zero-order chi connectivity index (χ0) is 15.4. The van der Waals surface area contributed by atoms with E-state index in [-0.39, 0.29) is 11.5 Å². The average Bonchev–Trinajstić information content (AvgIpc) is 2.45. The van der Waals surface area contributed by atoms with Gasteiger partial charge in [-0.2, -0.15) is 0 Å². The smallest absolute Gasteiger partial charge is 0.124 e. The van der Waals surface area contributed by atoms with E-state index in [1.807, 2.05) is 18.2 Å². The summed E-state index contributed by atoms with van der Waals surface area (Å²) in [6, 6.07) is 10.4. The van der Waals surface area contributed by atoms with Crippen molar-refractivity contribution in [3.8, 4) is 11.5 Å². The normalized spacial score (nSPS) is 21.2. The lowest BCUT2D eigenvalue weighted by Crippen LogP contribution is -2.22. The van der Waals surface area contributed by atoms with Crippen LogP contribution >= 0.6 is 0 Å². The third-order valence-electron chi connectivity index (χ3n) is 4.52. The lowest BCUT2D eigenvalue weighted by atomic mass is 9.83. The maximum Gasteiger partial charge on any atom is 0.124 e. The van der Waals surface area contributed by atoms with Crippen LogP contribution in [0.25, 0.3) is 21.5 Å². The van der Waals surface area contributed by atoms with Gasteiger partial charge in [-0.3, -0.25) is 0 Å². The molecule has 0 aromatic heterocycles. The Labute approximate surface area is 126 Å². The second kappa shape index (κ2) is 4.60. The summed E-state index contributed by atoms with van der Waals surface area (Å²) in [6.45, 7) is 0. The summed E-state index contributed by atoms with van der Waals surface area (Å²) in [5.41, 5.74) is 1.57. The molecule has 0 radical (unpaired) electrons. The Morgan fingerprint density at radius 1 is 0.909 bits per heavy atom. The highest BCUT2D eigenvalue weighted by molar-refractivity contribution is 6.12. The van der Waals surface area contributed by atoms with Crippen molar-refractivity contribution in [1.29, 1.82) is 0 Å². The summed E-state index contributed by atoms with van der Waals surface area (Å²) in [6.07, 6.45) is -0.581. The third kappa shape index (κ3) is 1.85. The van der Waals surface area contributed by atoms with Gasteiger partial charge in [-0.1, -0.05) is 18.2 Å². The van der Waals surface area contributed by atoms with Crippen LogP contribution in [0.2, 0.25) is 0 Å². The molecule has 2 unspecified atom stereocenters. The summed E-state index contributed by atoms with van der Waals surface area (Å²) < 4.78 is 0. The molecule has 3 aromatic rings. The molecular weight excluding hydrogens is 280 g/mol. The average molecular weight is 296 g/mol. The summed E-state index contributed by atoms with van der Waals surface area (Å²) in [5.74, 6) is 0.251. The van der Waals surface area contributed by atoms with Crippen molar-refractivity contribution in [3.63, 3.8) is 0 Å². The lowest BCUT2D eigenvalue weighted by Gasteiger charge is -2.27. The second-order valence-electron chi connectivity index (χ2n) is 5.97. The molecule has 4 rings (SSSR count). The van der Waals surface area contributed by atoms with Crippen LogP contribution in [-0.2, 0) is 6.42 Å². The van der Waals surface area contributed by atoms with Crippen molar-refractivity contribution in [2.24, 2.45) is 0 Å². The first-order valence-corrected chi connectivity index (χ1v) is 7.31. The van der Waals surface area contributed by atoms with Gasteiger partial charge < -0.3 is 20.4 Å². The molecule has 4 nitrogen and oxygen atoms in total. The minimum absolute atomic E-state index is 0.103. The minimum Gasteiger partial charge on any atom is -0.508 e. The first kappa shape index (κ1) is 13.4. The number of aliphatic hydroxyl groups excluding tert-OH is 2. The van der Waals surface area contributed by atoms with Crippen LogP contribution in [0.3, 0.4) is 0 Å². The molecular formula is C18H16O4. The number of rotatable bonds is 0. The Kier molecular flexibility index (Phi) is 2.79. The Hall–Kier alpha value is -2.30. The molecule has 22 heavy (non-hydrogen) atoms. The summed E-state index contributed by atoms with van der Waals surface area (Å²) in [7, 11) is 0. The van der Waals surface area contributed by atoms with Crippen molar-refractivity contribution in [2.45, 2.75) is 25.0 Å². The standard InChI is InChI=1S/C18H16O4/c19-10-1-2-12-9(5-10)6-17(22)18-14(12)4-3-13-15(18)7-11(20)8-16(13)21/h1-6,11,16,19-22H,7-8H2. The van der Waals surface area contributed by atoms with Crippen LogP contribution in [0, 0.1) is 0 Å². The van der Waals surface area contributed by atoms with Crippen LogP contribution in [-0.4, -0.2) is 26.5 Å². The molecule has 0 aliphatic heterocycles. The molecule has 0 saturated heterocycles. The van der Waals surface area contributed by atoms with Crippen LogP contribution in [0.4, 0.5) is 0 Å². The molecule has 4 heteroatoms. The first-order chi connectivity index (χ1) is 10.5. The van der Waals surface area contributed by atoms with E-state index in [0.29, 0.717) is 18.2 Å². The minimum atomic E-state index is -0.710.